The summed E-state index contributed by atoms with van der Waals surface area (Å²) in [6.07, 6.45) is 6.64. The lowest BCUT2D eigenvalue weighted by molar-refractivity contribution is 0.0881. The first kappa shape index (κ1) is 14.7. The van der Waals surface area contributed by atoms with Gasteiger partial charge in [0, 0.05) is 12.0 Å². The molecule has 0 spiro atoms. The van der Waals surface area contributed by atoms with Gasteiger partial charge in [0.25, 0.3) is 0 Å². The molecule has 1 unspecified atom stereocenters. The quantitative estimate of drug-likeness (QED) is 0.654. The van der Waals surface area contributed by atoms with Crippen molar-refractivity contribution in [3.8, 4) is 0 Å². The number of hydrogen-bond acceptors (Lipinski definition) is 6. The van der Waals surface area contributed by atoms with Gasteiger partial charge in [-0.1, -0.05) is 13.3 Å². The molecule has 1 atom stereocenters. The number of ether oxygens (including phenoxy) is 1. The van der Waals surface area contributed by atoms with Crippen LogP contribution in [0.2, 0.25) is 0 Å². The zero-order valence-electron chi connectivity index (χ0n) is 12.6. The number of fused-ring (bicyclic) bond motifs is 3. The number of nitrogen functional groups attached to an aromatic ring is 1. The molecule has 0 aliphatic heterocycles. The molecule has 0 saturated heterocycles. The molecule has 0 fully saturated rings. The van der Waals surface area contributed by atoms with Crippen molar-refractivity contribution in [2.24, 2.45) is 5.84 Å². The Kier molecular flexibility index (Phi) is 4.37. The fourth-order valence-electron chi connectivity index (χ4n) is 3.04. The van der Waals surface area contributed by atoms with Gasteiger partial charge in [0.2, 0.25) is 0 Å². The molecule has 0 saturated carbocycles. The maximum absolute atomic E-state index is 5.72. The minimum atomic E-state index is -0.0642. The van der Waals surface area contributed by atoms with E-state index in [0.29, 0.717) is 0 Å². The molecular formula is C15H22N4OS. The smallest absolute Gasteiger partial charge is 0.161 e. The molecule has 2 heterocycles. The number of anilines is 1. The predicted molar refractivity (Wildman–Crippen MR) is 86.5 cm³/mol. The van der Waals surface area contributed by atoms with Gasteiger partial charge in [0.05, 0.1) is 5.39 Å². The Morgan fingerprint density at radius 1 is 1.33 bits per heavy atom. The summed E-state index contributed by atoms with van der Waals surface area (Å²) in [6.45, 7) is 2.14. The third-order valence-corrected chi connectivity index (χ3v) is 5.28. The van der Waals surface area contributed by atoms with Gasteiger partial charge < -0.3 is 10.2 Å². The van der Waals surface area contributed by atoms with Gasteiger partial charge in [-0.15, -0.1) is 11.3 Å². The highest BCUT2D eigenvalue weighted by Crippen LogP contribution is 2.39. The number of hydrogen-bond donors (Lipinski definition) is 2. The summed E-state index contributed by atoms with van der Waals surface area (Å²) in [6, 6.07) is 0. The number of aromatic nitrogens is 2. The zero-order chi connectivity index (χ0) is 14.8. The monoisotopic (exact) mass is 306 g/mol. The van der Waals surface area contributed by atoms with Crippen LogP contribution in [0.1, 0.15) is 55.0 Å². The fraction of sp³-hybridized carbons (Fsp3) is 0.600. The Labute approximate surface area is 128 Å². The SMILES string of the molecule is CCCC(OC)c1nc(NN)c2c3c(sc2n1)CCCC3. The van der Waals surface area contributed by atoms with Crippen molar-refractivity contribution in [2.75, 3.05) is 12.5 Å². The standard InChI is InChI=1S/C15H22N4OS/c1-3-6-10(20-2)13-17-14(19-16)12-9-7-4-5-8-11(9)21-15(12)18-13/h10H,3-8,16H2,1-2H3,(H,17,18,19). The topological polar surface area (TPSA) is 73.1 Å². The number of aryl methyl sites for hydroxylation is 2. The second-order valence-electron chi connectivity index (χ2n) is 5.48. The van der Waals surface area contributed by atoms with Crippen LogP contribution < -0.4 is 11.3 Å². The zero-order valence-corrected chi connectivity index (χ0v) is 13.4. The Bertz CT molecular complexity index is 640. The summed E-state index contributed by atoms with van der Waals surface area (Å²) in [5.74, 6) is 7.19. The van der Waals surface area contributed by atoms with E-state index in [2.05, 4.69) is 17.3 Å². The third-order valence-electron chi connectivity index (χ3n) is 4.09. The van der Waals surface area contributed by atoms with Crippen LogP contribution in [0, 0.1) is 0 Å². The maximum Gasteiger partial charge on any atom is 0.161 e. The number of rotatable bonds is 5. The van der Waals surface area contributed by atoms with Gasteiger partial charge in [0.15, 0.2) is 11.6 Å². The summed E-state index contributed by atoms with van der Waals surface area (Å²) < 4.78 is 5.54. The van der Waals surface area contributed by atoms with E-state index in [1.165, 1.54) is 23.3 Å². The van der Waals surface area contributed by atoms with Crippen LogP contribution in [0.5, 0.6) is 0 Å². The minimum Gasteiger partial charge on any atom is -0.373 e. The van der Waals surface area contributed by atoms with Crippen LogP contribution in [-0.2, 0) is 17.6 Å². The summed E-state index contributed by atoms with van der Waals surface area (Å²) in [5, 5.41) is 1.12. The van der Waals surface area contributed by atoms with Crippen LogP contribution in [0.4, 0.5) is 5.82 Å². The molecule has 1 aliphatic carbocycles. The van der Waals surface area contributed by atoms with Crippen LogP contribution >= 0.6 is 11.3 Å². The minimum absolute atomic E-state index is 0.0642. The lowest BCUT2D eigenvalue weighted by Gasteiger charge is -2.15. The van der Waals surface area contributed by atoms with Crippen molar-refractivity contribution in [2.45, 2.75) is 51.6 Å². The molecular weight excluding hydrogens is 284 g/mol. The van der Waals surface area contributed by atoms with Gasteiger partial charge in [-0.2, -0.15) is 0 Å². The Morgan fingerprint density at radius 3 is 2.86 bits per heavy atom. The van der Waals surface area contributed by atoms with Crippen LogP contribution in [0.25, 0.3) is 10.2 Å². The van der Waals surface area contributed by atoms with E-state index in [0.717, 1.165) is 47.5 Å². The first-order valence-electron chi connectivity index (χ1n) is 7.60. The van der Waals surface area contributed by atoms with Gasteiger partial charge in [-0.05, 0) is 37.7 Å². The molecule has 2 aromatic heterocycles. The highest BCUT2D eigenvalue weighted by atomic mass is 32.1. The Hall–Kier alpha value is -1.24. The molecule has 0 aromatic carbocycles. The van der Waals surface area contributed by atoms with Crippen LogP contribution in [-0.4, -0.2) is 17.1 Å². The molecule has 0 bridgehead atoms. The average molecular weight is 306 g/mol. The summed E-state index contributed by atoms with van der Waals surface area (Å²) in [5.41, 5.74) is 4.16. The van der Waals surface area contributed by atoms with Gasteiger partial charge in [0.1, 0.15) is 10.9 Å². The maximum atomic E-state index is 5.72. The normalized spacial score (nSPS) is 16.0. The highest BCUT2D eigenvalue weighted by molar-refractivity contribution is 7.19. The molecule has 1 aliphatic rings. The summed E-state index contributed by atoms with van der Waals surface area (Å²) >= 11 is 1.79. The molecule has 3 rings (SSSR count). The number of methoxy groups -OCH3 is 1. The van der Waals surface area contributed by atoms with E-state index < -0.39 is 0 Å². The predicted octanol–water partition coefficient (Wildman–Crippen LogP) is 3.34. The van der Waals surface area contributed by atoms with Crippen molar-refractivity contribution in [1.82, 2.24) is 9.97 Å². The van der Waals surface area contributed by atoms with Crippen molar-refractivity contribution >= 4 is 27.4 Å². The van der Waals surface area contributed by atoms with Crippen molar-refractivity contribution in [3.05, 3.63) is 16.3 Å². The lowest BCUT2D eigenvalue weighted by atomic mass is 9.97. The number of thiophene rings is 1. The first-order valence-corrected chi connectivity index (χ1v) is 8.41. The number of nitrogens with zero attached hydrogens (tertiary/aromatic N) is 2. The van der Waals surface area contributed by atoms with Gasteiger partial charge >= 0.3 is 0 Å². The number of nitrogens with two attached hydrogens (primary N) is 1. The van der Waals surface area contributed by atoms with E-state index in [9.17, 15) is 0 Å². The number of nitrogens with one attached hydrogen (secondary N) is 1. The van der Waals surface area contributed by atoms with E-state index in [-0.39, 0.29) is 6.10 Å². The number of hydrazine groups is 1. The van der Waals surface area contributed by atoms with Crippen molar-refractivity contribution < 1.29 is 4.74 Å². The second kappa shape index (κ2) is 6.25. The highest BCUT2D eigenvalue weighted by Gasteiger charge is 2.23. The lowest BCUT2D eigenvalue weighted by Crippen LogP contribution is -2.14. The van der Waals surface area contributed by atoms with E-state index in [1.807, 2.05) is 0 Å². The van der Waals surface area contributed by atoms with E-state index in [1.54, 1.807) is 18.4 Å². The Morgan fingerprint density at radius 2 is 2.14 bits per heavy atom. The molecule has 114 valence electrons. The van der Waals surface area contributed by atoms with Gasteiger partial charge in [-0.25, -0.2) is 15.8 Å². The van der Waals surface area contributed by atoms with Gasteiger partial charge in [-0.3, -0.25) is 0 Å². The first-order chi connectivity index (χ1) is 10.3. The fourth-order valence-corrected chi connectivity index (χ4v) is 4.31. The molecule has 2 aromatic rings. The van der Waals surface area contributed by atoms with E-state index in [4.69, 9.17) is 15.6 Å². The second-order valence-corrected chi connectivity index (χ2v) is 6.56. The van der Waals surface area contributed by atoms with Crippen molar-refractivity contribution in [3.63, 3.8) is 0 Å². The molecule has 0 amide bonds. The average Bonchev–Trinajstić information content (AvgIpc) is 2.90. The van der Waals surface area contributed by atoms with E-state index >= 15 is 0 Å². The summed E-state index contributed by atoms with van der Waals surface area (Å²) in [4.78, 5) is 11.9. The molecule has 3 N–H and O–H groups in total. The largest absolute Gasteiger partial charge is 0.373 e. The van der Waals surface area contributed by atoms with Crippen molar-refractivity contribution in [1.29, 1.82) is 0 Å². The van der Waals surface area contributed by atoms with Crippen LogP contribution in [0.3, 0.4) is 0 Å². The van der Waals surface area contributed by atoms with Crippen LogP contribution in [0.15, 0.2) is 0 Å². The molecule has 21 heavy (non-hydrogen) atoms. The molecule has 6 heteroatoms. The molecule has 0 radical (unpaired) electrons. The third kappa shape index (κ3) is 2.63. The summed E-state index contributed by atoms with van der Waals surface area (Å²) in [7, 11) is 1.71. The molecule has 5 nitrogen and oxygen atoms in total. The Balaban J connectivity index is 2.13.